The maximum atomic E-state index is 11.8. The lowest BCUT2D eigenvalue weighted by atomic mass is 10.1. The second kappa shape index (κ2) is 7.58. The van der Waals surface area contributed by atoms with Crippen molar-refractivity contribution in [3.8, 4) is 0 Å². The second-order valence-corrected chi connectivity index (χ2v) is 4.70. The zero-order valence-corrected chi connectivity index (χ0v) is 12.3. The number of rotatable bonds is 6. The third-order valence-corrected chi connectivity index (χ3v) is 3.05. The Kier molecular flexibility index (Phi) is 5.29. The molecule has 2 aromatic carbocycles. The van der Waals surface area contributed by atoms with E-state index in [1.165, 1.54) is 48.7 Å². The van der Waals surface area contributed by atoms with Crippen molar-refractivity contribution in [2.75, 3.05) is 0 Å². The number of nitrogens with zero attached hydrogens (tertiary/aromatic N) is 3. The summed E-state index contributed by atoms with van der Waals surface area (Å²) in [5.41, 5.74) is 2.92. The van der Waals surface area contributed by atoms with Crippen LogP contribution in [0, 0.1) is 20.2 Å². The Morgan fingerprint density at radius 3 is 2.33 bits per heavy atom. The lowest BCUT2D eigenvalue weighted by Crippen LogP contribution is -2.20. The first-order chi connectivity index (χ1) is 11.5. The molecule has 0 aromatic heterocycles. The maximum absolute atomic E-state index is 11.8. The topological polar surface area (TPSA) is 128 Å². The molecule has 9 heteroatoms. The molecule has 0 aliphatic carbocycles. The minimum absolute atomic E-state index is 0.0485. The number of para-hydroxylation sites is 1. The van der Waals surface area contributed by atoms with Gasteiger partial charge in [-0.2, -0.15) is 5.10 Å². The average molecular weight is 328 g/mol. The van der Waals surface area contributed by atoms with E-state index < -0.39 is 15.8 Å². The van der Waals surface area contributed by atoms with Gasteiger partial charge in [-0.15, -0.1) is 0 Å². The third-order valence-electron chi connectivity index (χ3n) is 3.05. The van der Waals surface area contributed by atoms with Crippen molar-refractivity contribution >= 4 is 23.5 Å². The van der Waals surface area contributed by atoms with Crippen molar-refractivity contribution in [2.45, 2.75) is 6.42 Å². The first-order valence-corrected chi connectivity index (χ1v) is 6.76. The lowest BCUT2D eigenvalue weighted by Gasteiger charge is -2.01. The highest BCUT2D eigenvalue weighted by Crippen LogP contribution is 2.17. The molecule has 122 valence electrons. The van der Waals surface area contributed by atoms with E-state index >= 15 is 0 Å². The van der Waals surface area contributed by atoms with Crippen LogP contribution in [0.25, 0.3) is 0 Å². The van der Waals surface area contributed by atoms with Gasteiger partial charge in [-0.25, -0.2) is 5.43 Å². The van der Waals surface area contributed by atoms with Crippen LogP contribution in [0.15, 0.2) is 53.6 Å². The summed E-state index contributed by atoms with van der Waals surface area (Å²) in [6.07, 6.45) is 1.13. The van der Waals surface area contributed by atoms with Gasteiger partial charge in [0, 0.05) is 23.8 Å². The van der Waals surface area contributed by atoms with Gasteiger partial charge in [0.1, 0.15) is 0 Å². The summed E-state index contributed by atoms with van der Waals surface area (Å²) in [4.78, 5) is 32.1. The van der Waals surface area contributed by atoms with E-state index in [4.69, 9.17) is 0 Å². The highest BCUT2D eigenvalue weighted by atomic mass is 16.6. The van der Waals surface area contributed by atoms with Crippen LogP contribution in [-0.4, -0.2) is 22.0 Å². The summed E-state index contributed by atoms with van der Waals surface area (Å²) in [5, 5.41) is 25.1. The highest BCUT2D eigenvalue weighted by Gasteiger charge is 2.14. The number of benzene rings is 2. The SMILES string of the molecule is O=C(Cc1ccccc1[N+](=O)[O-])NN=Cc1ccc([N+](=O)[O-])cc1. The highest BCUT2D eigenvalue weighted by molar-refractivity contribution is 5.83. The largest absolute Gasteiger partial charge is 0.273 e. The molecular formula is C15H12N4O5. The van der Waals surface area contributed by atoms with E-state index in [0.717, 1.165) is 0 Å². The Morgan fingerprint density at radius 2 is 1.71 bits per heavy atom. The molecule has 24 heavy (non-hydrogen) atoms. The number of carbonyl (C=O) groups is 1. The van der Waals surface area contributed by atoms with Crippen LogP contribution in [0.5, 0.6) is 0 Å². The summed E-state index contributed by atoms with van der Waals surface area (Å²) >= 11 is 0. The fourth-order valence-electron chi connectivity index (χ4n) is 1.91. The van der Waals surface area contributed by atoms with Crippen LogP contribution < -0.4 is 5.43 Å². The molecule has 9 nitrogen and oxygen atoms in total. The molecule has 0 unspecified atom stereocenters. The van der Waals surface area contributed by atoms with Crippen LogP contribution >= 0.6 is 0 Å². The molecule has 0 saturated heterocycles. The van der Waals surface area contributed by atoms with Crippen molar-refractivity contribution in [3.05, 3.63) is 79.9 Å². The summed E-state index contributed by atoms with van der Waals surface area (Å²) in [7, 11) is 0. The molecule has 0 saturated carbocycles. The summed E-state index contributed by atoms with van der Waals surface area (Å²) in [5.74, 6) is -0.512. The Morgan fingerprint density at radius 1 is 1.04 bits per heavy atom. The summed E-state index contributed by atoms with van der Waals surface area (Å²) in [6, 6.07) is 11.5. The number of nitro benzene ring substituents is 2. The van der Waals surface area contributed by atoms with Gasteiger partial charge in [0.05, 0.1) is 22.5 Å². The smallest absolute Gasteiger partial charge is 0.273 e. The van der Waals surface area contributed by atoms with Crippen molar-refractivity contribution in [1.82, 2.24) is 5.43 Å². The Labute approximate surface area is 135 Å². The molecule has 2 rings (SSSR count). The third kappa shape index (κ3) is 4.44. The molecule has 0 heterocycles. The number of carbonyl (C=O) groups excluding carboxylic acids is 1. The quantitative estimate of drug-likeness (QED) is 0.494. The van der Waals surface area contributed by atoms with Crippen molar-refractivity contribution in [2.24, 2.45) is 5.10 Å². The minimum Gasteiger partial charge on any atom is -0.273 e. The number of non-ortho nitro benzene ring substituents is 1. The molecule has 0 radical (unpaired) electrons. The molecule has 1 N–H and O–H groups in total. The zero-order valence-electron chi connectivity index (χ0n) is 12.3. The predicted octanol–water partition coefficient (Wildman–Crippen LogP) is 2.20. The molecule has 0 bridgehead atoms. The Hall–Kier alpha value is -3.62. The van der Waals surface area contributed by atoms with E-state index in [-0.39, 0.29) is 23.4 Å². The number of nitrogens with one attached hydrogen (secondary N) is 1. The predicted molar refractivity (Wildman–Crippen MR) is 85.6 cm³/mol. The van der Waals surface area contributed by atoms with Gasteiger partial charge in [-0.3, -0.25) is 25.0 Å². The van der Waals surface area contributed by atoms with Crippen molar-refractivity contribution < 1.29 is 14.6 Å². The molecule has 0 spiro atoms. The van der Waals surface area contributed by atoms with Crippen LogP contribution in [0.3, 0.4) is 0 Å². The molecular weight excluding hydrogens is 316 g/mol. The molecule has 2 aromatic rings. The number of nitro groups is 2. The first kappa shape index (κ1) is 16.7. The van der Waals surface area contributed by atoms with Gasteiger partial charge in [-0.05, 0) is 17.7 Å². The fourth-order valence-corrected chi connectivity index (χ4v) is 1.91. The standard InChI is InChI=1S/C15H12N4O5/c20-15(9-12-3-1-2-4-14(12)19(23)24)17-16-10-11-5-7-13(8-6-11)18(21)22/h1-8,10H,9H2,(H,17,20). The van der Waals surface area contributed by atoms with Gasteiger partial charge >= 0.3 is 0 Å². The average Bonchev–Trinajstić information content (AvgIpc) is 2.55. The van der Waals surface area contributed by atoms with Crippen LogP contribution in [0.2, 0.25) is 0 Å². The summed E-state index contributed by atoms with van der Waals surface area (Å²) < 4.78 is 0. The fraction of sp³-hybridized carbons (Fsp3) is 0.0667. The van der Waals surface area contributed by atoms with E-state index in [1.807, 2.05) is 0 Å². The van der Waals surface area contributed by atoms with E-state index in [2.05, 4.69) is 10.5 Å². The first-order valence-electron chi connectivity index (χ1n) is 6.76. The molecule has 0 fully saturated rings. The number of hydrogen-bond acceptors (Lipinski definition) is 6. The number of hydrogen-bond donors (Lipinski definition) is 1. The molecule has 0 aliphatic rings. The zero-order chi connectivity index (χ0) is 17.5. The van der Waals surface area contributed by atoms with Gasteiger partial charge < -0.3 is 0 Å². The van der Waals surface area contributed by atoms with Crippen LogP contribution in [-0.2, 0) is 11.2 Å². The Balaban J connectivity index is 1.96. The summed E-state index contributed by atoms with van der Waals surface area (Å²) in [6.45, 7) is 0. The number of hydrazone groups is 1. The second-order valence-electron chi connectivity index (χ2n) is 4.70. The van der Waals surface area contributed by atoms with E-state index in [0.29, 0.717) is 5.56 Å². The lowest BCUT2D eigenvalue weighted by molar-refractivity contribution is -0.385. The number of amides is 1. The molecule has 1 amide bonds. The minimum atomic E-state index is -0.553. The van der Waals surface area contributed by atoms with E-state index in [9.17, 15) is 25.0 Å². The van der Waals surface area contributed by atoms with Gasteiger partial charge in [0.2, 0.25) is 5.91 Å². The Bertz CT molecular complexity index is 802. The normalized spacial score (nSPS) is 10.5. The van der Waals surface area contributed by atoms with E-state index in [1.54, 1.807) is 6.07 Å². The van der Waals surface area contributed by atoms with Crippen LogP contribution in [0.4, 0.5) is 11.4 Å². The maximum Gasteiger partial charge on any atom is 0.273 e. The van der Waals surface area contributed by atoms with Crippen molar-refractivity contribution in [1.29, 1.82) is 0 Å². The monoisotopic (exact) mass is 328 g/mol. The van der Waals surface area contributed by atoms with Gasteiger partial charge in [0.25, 0.3) is 11.4 Å². The van der Waals surface area contributed by atoms with Crippen LogP contribution in [0.1, 0.15) is 11.1 Å². The van der Waals surface area contributed by atoms with Gasteiger partial charge in [-0.1, -0.05) is 18.2 Å². The molecule has 0 aliphatic heterocycles. The van der Waals surface area contributed by atoms with Crippen molar-refractivity contribution in [3.63, 3.8) is 0 Å². The molecule has 0 atom stereocenters. The van der Waals surface area contributed by atoms with Gasteiger partial charge in [0.15, 0.2) is 0 Å².